The molecule has 0 unspecified atom stereocenters. The van der Waals surface area contributed by atoms with Crippen molar-refractivity contribution >= 4 is 11.7 Å². The van der Waals surface area contributed by atoms with E-state index >= 15 is 0 Å². The van der Waals surface area contributed by atoms with Crippen LogP contribution in [0.1, 0.15) is 56.9 Å². The quantitative estimate of drug-likeness (QED) is 0.682. The minimum Gasteiger partial charge on any atom is -0.369 e. The lowest BCUT2D eigenvalue weighted by molar-refractivity contribution is 0.0947. The van der Waals surface area contributed by atoms with Crippen molar-refractivity contribution in [3.63, 3.8) is 0 Å². The Hall–Kier alpha value is -1.65. The highest BCUT2D eigenvalue weighted by molar-refractivity contribution is 5.92. The highest BCUT2D eigenvalue weighted by Crippen LogP contribution is 2.05. The van der Waals surface area contributed by atoms with Gasteiger partial charge in [-0.15, -0.1) is 10.2 Å². The van der Waals surface area contributed by atoms with Crippen LogP contribution in [-0.4, -0.2) is 29.2 Å². The molecule has 0 bridgehead atoms. The van der Waals surface area contributed by atoms with Gasteiger partial charge in [-0.2, -0.15) is 0 Å². The van der Waals surface area contributed by atoms with E-state index in [1.54, 1.807) is 12.1 Å². The summed E-state index contributed by atoms with van der Waals surface area (Å²) in [5.41, 5.74) is 0.371. The maximum Gasteiger partial charge on any atom is 0.271 e. The third-order valence-corrected chi connectivity index (χ3v) is 2.95. The molecule has 0 aliphatic carbocycles. The molecule has 0 saturated heterocycles. The Morgan fingerprint density at radius 3 is 2.60 bits per heavy atom. The lowest BCUT2D eigenvalue weighted by Gasteiger charge is -2.06. The Morgan fingerprint density at radius 2 is 2.00 bits per heavy atom. The number of aromatic nitrogens is 2. The van der Waals surface area contributed by atoms with Crippen LogP contribution in [0.3, 0.4) is 0 Å². The molecule has 5 nitrogen and oxygen atoms in total. The number of nitrogens with zero attached hydrogens (tertiary/aromatic N) is 2. The largest absolute Gasteiger partial charge is 0.369 e. The van der Waals surface area contributed by atoms with Crippen LogP contribution >= 0.6 is 0 Å². The second-order valence-electron chi connectivity index (χ2n) is 5.38. The SMILES string of the molecule is CCCNc1ccc(C(=O)NCCCCC(C)C)nn1. The van der Waals surface area contributed by atoms with Crippen molar-refractivity contribution in [2.24, 2.45) is 5.92 Å². The zero-order valence-corrected chi connectivity index (χ0v) is 12.8. The van der Waals surface area contributed by atoms with Gasteiger partial charge in [-0.25, -0.2) is 0 Å². The Labute approximate surface area is 121 Å². The third-order valence-electron chi connectivity index (χ3n) is 2.95. The van der Waals surface area contributed by atoms with E-state index in [1.807, 2.05) is 0 Å². The van der Waals surface area contributed by atoms with Gasteiger partial charge in [-0.05, 0) is 30.9 Å². The van der Waals surface area contributed by atoms with E-state index in [0.29, 0.717) is 18.1 Å². The van der Waals surface area contributed by atoms with Gasteiger partial charge in [0.25, 0.3) is 5.91 Å². The van der Waals surface area contributed by atoms with Crippen LogP contribution in [-0.2, 0) is 0 Å². The number of carbonyl (C=O) groups excluding carboxylic acids is 1. The summed E-state index contributed by atoms with van der Waals surface area (Å²) in [5.74, 6) is 1.28. The smallest absolute Gasteiger partial charge is 0.271 e. The Bertz CT molecular complexity index is 389. The van der Waals surface area contributed by atoms with Crippen LogP contribution in [0, 0.1) is 5.92 Å². The van der Waals surface area contributed by atoms with Crippen LogP contribution in [0.5, 0.6) is 0 Å². The van der Waals surface area contributed by atoms with Gasteiger partial charge in [0.1, 0.15) is 5.82 Å². The van der Waals surface area contributed by atoms with Crippen molar-refractivity contribution in [3.05, 3.63) is 17.8 Å². The van der Waals surface area contributed by atoms with Gasteiger partial charge < -0.3 is 10.6 Å². The van der Waals surface area contributed by atoms with Crippen molar-refractivity contribution < 1.29 is 4.79 Å². The molecular formula is C15H26N4O. The average molecular weight is 278 g/mol. The standard InChI is InChI=1S/C15H26N4O/c1-4-10-16-14-9-8-13(18-19-14)15(20)17-11-6-5-7-12(2)3/h8-9,12H,4-7,10-11H2,1-3H3,(H,16,19)(H,17,20). The van der Waals surface area contributed by atoms with Crippen LogP contribution in [0.2, 0.25) is 0 Å². The number of anilines is 1. The fourth-order valence-corrected chi connectivity index (χ4v) is 1.77. The molecule has 1 heterocycles. The Kier molecular flexibility index (Phi) is 7.62. The lowest BCUT2D eigenvalue weighted by Crippen LogP contribution is -2.25. The Balaban J connectivity index is 2.29. The first-order valence-electron chi connectivity index (χ1n) is 7.49. The minimum atomic E-state index is -0.149. The molecule has 0 fully saturated rings. The molecule has 0 aliphatic rings. The zero-order valence-electron chi connectivity index (χ0n) is 12.8. The molecule has 0 saturated carbocycles. The molecular weight excluding hydrogens is 252 g/mol. The topological polar surface area (TPSA) is 66.9 Å². The molecule has 1 aromatic heterocycles. The molecule has 0 radical (unpaired) electrons. The maximum atomic E-state index is 11.8. The van der Waals surface area contributed by atoms with Crippen molar-refractivity contribution in [1.29, 1.82) is 0 Å². The normalized spacial score (nSPS) is 10.6. The first kappa shape index (κ1) is 16.4. The van der Waals surface area contributed by atoms with E-state index in [1.165, 1.54) is 6.42 Å². The monoisotopic (exact) mass is 278 g/mol. The van der Waals surface area contributed by atoms with Gasteiger partial charge in [-0.1, -0.05) is 33.6 Å². The zero-order chi connectivity index (χ0) is 14.8. The summed E-state index contributed by atoms with van der Waals surface area (Å²) in [6.45, 7) is 8.06. The second kappa shape index (κ2) is 9.28. The summed E-state index contributed by atoms with van der Waals surface area (Å²) in [6.07, 6.45) is 4.38. The fraction of sp³-hybridized carbons (Fsp3) is 0.667. The number of rotatable bonds is 9. The fourth-order valence-electron chi connectivity index (χ4n) is 1.77. The van der Waals surface area contributed by atoms with Crippen molar-refractivity contribution in [3.8, 4) is 0 Å². The molecule has 0 aromatic carbocycles. The predicted molar refractivity (Wildman–Crippen MR) is 81.8 cm³/mol. The first-order chi connectivity index (χ1) is 9.63. The molecule has 0 aliphatic heterocycles. The molecule has 0 atom stereocenters. The molecule has 20 heavy (non-hydrogen) atoms. The van der Waals surface area contributed by atoms with Gasteiger partial charge in [-0.3, -0.25) is 4.79 Å². The van der Waals surface area contributed by atoms with Crippen LogP contribution in [0.4, 0.5) is 5.82 Å². The summed E-state index contributed by atoms with van der Waals surface area (Å²) >= 11 is 0. The minimum absolute atomic E-state index is 0.149. The highest BCUT2D eigenvalue weighted by atomic mass is 16.1. The molecule has 5 heteroatoms. The van der Waals surface area contributed by atoms with E-state index in [9.17, 15) is 4.79 Å². The van der Waals surface area contributed by atoms with Crippen molar-refractivity contribution in [2.75, 3.05) is 18.4 Å². The summed E-state index contributed by atoms with van der Waals surface area (Å²) in [7, 11) is 0. The van der Waals surface area contributed by atoms with Gasteiger partial charge >= 0.3 is 0 Å². The number of hydrogen-bond acceptors (Lipinski definition) is 4. The van der Waals surface area contributed by atoms with Gasteiger partial charge in [0.2, 0.25) is 0 Å². The number of unbranched alkanes of at least 4 members (excludes halogenated alkanes) is 1. The summed E-state index contributed by atoms with van der Waals surface area (Å²) < 4.78 is 0. The van der Waals surface area contributed by atoms with Crippen LogP contribution in [0.15, 0.2) is 12.1 Å². The first-order valence-corrected chi connectivity index (χ1v) is 7.49. The van der Waals surface area contributed by atoms with E-state index in [4.69, 9.17) is 0 Å². The molecule has 1 amide bonds. The van der Waals surface area contributed by atoms with Crippen molar-refractivity contribution in [2.45, 2.75) is 46.5 Å². The third kappa shape index (κ3) is 6.50. The van der Waals surface area contributed by atoms with Gasteiger partial charge in [0.15, 0.2) is 5.69 Å². The predicted octanol–water partition coefficient (Wildman–Crippen LogP) is 2.85. The van der Waals surface area contributed by atoms with Gasteiger partial charge in [0, 0.05) is 13.1 Å². The second-order valence-corrected chi connectivity index (χ2v) is 5.38. The van der Waals surface area contributed by atoms with Crippen LogP contribution in [0.25, 0.3) is 0 Å². The van der Waals surface area contributed by atoms with E-state index in [0.717, 1.165) is 31.7 Å². The highest BCUT2D eigenvalue weighted by Gasteiger charge is 2.07. The number of amides is 1. The summed E-state index contributed by atoms with van der Waals surface area (Å²) in [4.78, 5) is 11.8. The number of nitrogens with one attached hydrogen (secondary N) is 2. The van der Waals surface area contributed by atoms with E-state index in [2.05, 4.69) is 41.6 Å². The van der Waals surface area contributed by atoms with E-state index < -0.39 is 0 Å². The molecule has 1 aromatic rings. The number of carbonyl (C=O) groups is 1. The lowest BCUT2D eigenvalue weighted by atomic mass is 10.1. The van der Waals surface area contributed by atoms with Crippen molar-refractivity contribution in [1.82, 2.24) is 15.5 Å². The molecule has 0 spiro atoms. The van der Waals surface area contributed by atoms with Crippen LogP contribution < -0.4 is 10.6 Å². The Morgan fingerprint density at radius 1 is 1.20 bits per heavy atom. The number of hydrogen-bond donors (Lipinski definition) is 2. The summed E-state index contributed by atoms with van der Waals surface area (Å²) in [6, 6.07) is 3.49. The molecule has 112 valence electrons. The average Bonchev–Trinajstić information content (AvgIpc) is 2.44. The molecule has 1 rings (SSSR count). The van der Waals surface area contributed by atoms with E-state index in [-0.39, 0.29) is 5.91 Å². The maximum absolute atomic E-state index is 11.8. The molecule has 2 N–H and O–H groups in total. The van der Waals surface area contributed by atoms with Gasteiger partial charge in [0.05, 0.1) is 0 Å². The summed E-state index contributed by atoms with van der Waals surface area (Å²) in [5, 5.41) is 13.9.